The maximum absolute atomic E-state index is 9.07. The molecule has 0 bridgehead atoms. The van der Waals surface area contributed by atoms with Gasteiger partial charge in [0, 0.05) is 19.3 Å². The molecular formula is C7H8BrN3O. The molecule has 1 aliphatic heterocycles. The Morgan fingerprint density at radius 3 is 2.92 bits per heavy atom. The quantitative estimate of drug-likeness (QED) is 0.759. The van der Waals surface area contributed by atoms with Crippen LogP contribution in [-0.2, 0) is 0 Å². The number of anilines is 1. The molecule has 64 valence electrons. The summed E-state index contributed by atoms with van der Waals surface area (Å²) in [6.45, 7) is 1.32. The second-order valence-electron chi connectivity index (χ2n) is 2.75. The van der Waals surface area contributed by atoms with Crippen LogP contribution in [0.5, 0.6) is 0 Å². The highest BCUT2D eigenvalue weighted by Crippen LogP contribution is 2.25. The summed E-state index contributed by atoms with van der Waals surface area (Å²) in [4.78, 5) is 9.95. The van der Waals surface area contributed by atoms with Crippen molar-refractivity contribution in [2.24, 2.45) is 0 Å². The summed E-state index contributed by atoms with van der Waals surface area (Å²) < 4.78 is 0.872. The highest BCUT2D eigenvalue weighted by atomic mass is 79.9. The highest BCUT2D eigenvalue weighted by Gasteiger charge is 2.26. The number of aliphatic hydroxyl groups excluding tert-OH is 1. The summed E-state index contributed by atoms with van der Waals surface area (Å²) in [7, 11) is 0. The lowest BCUT2D eigenvalue weighted by atomic mass is 10.2. The predicted molar refractivity (Wildman–Crippen MR) is 48.0 cm³/mol. The standard InChI is InChI=1S/C7H8BrN3O/c8-6-1-9-4-10-7(6)11-2-5(12)3-11/h1,4-5,12H,2-3H2. The average Bonchev–Trinajstić information content (AvgIpc) is 2.01. The molecule has 0 amide bonds. The molecule has 1 saturated heterocycles. The van der Waals surface area contributed by atoms with E-state index in [0.29, 0.717) is 13.1 Å². The summed E-state index contributed by atoms with van der Waals surface area (Å²) in [5.74, 6) is 0.857. The monoisotopic (exact) mass is 229 g/mol. The van der Waals surface area contributed by atoms with Crippen LogP contribution < -0.4 is 4.90 Å². The number of halogens is 1. The van der Waals surface area contributed by atoms with Gasteiger partial charge in [-0.25, -0.2) is 9.97 Å². The molecule has 0 radical (unpaired) electrons. The molecule has 5 heteroatoms. The number of aromatic nitrogens is 2. The van der Waals surface area contributed by atoms with Gasteiger partial charge in [0.15, 0.2) is 0 Å². The van der Waals surface area contributed by atoms with Gasteiger partial charge in [-0.1, -0.05) is 0 Å². The third-order valence-electron chi connectivity index (χ3n) is 1.81. The molecule has 0 atom stereocenters. The molecule has 1 fully saturated rings. The van der Waals surface area contributed by atoms with E-state index in [4.69, 9.17) is 5.11 Å². The van der Waals surface area contributed by atoms with Crippen molar-refractivity contribution in [3.8, 4) is 0 Å². The van der Waals surface area contributed by atoms with E-state index in [2.05, 4.69) is 25.9 Å². The second kappa shape index (κ2) is 2.99. The maximum Gasteiger partial charge on any atom is 0.146 e. The normalized spacial score (nSPS) is 17.7. The highest BCUT2D eigenvalue weighted by molar-refractivity contribution is 9.10. The van der Waals surface area contributed by atoms with Crippen molar-refractivity contribution in [1.29, 1.82) is 0 Å². The zero-order valence-electron chi connectivity index (χ0n) is 6.31. The number of aliphatic hydroxyl groups is 1. The van der Waals surface area contributed by atoms with E-state index in [9.17, 15) is 0 Å². The van der Waals surface area contributed by atoms with Crippen molar-refractivity contribution in [2.75, 3.05) is 18.0 Å². The van der Waals surface area contributed by atoms with E-state index < -0.39 is 0 Å². The molecule has 1 aliphatic rings. The SMILES string of the molecule is OC1CN(c2ncncc2Br)C1. The first-order valence-corrected chi connectivity index (χ1v) is 4.45. The van der Waals surface area contributed by atoms with Gasteiger partial charge in [-0.05, 0) is 15.9 Å². The Kier molecular flexibility index (Phi) is 1.98. The van der Waals surface area contributed by atoms with Crippen LogP contribution in [0.1, 0.15) is 0 Å². The van der Waals surface area contributed by atoms with E-state index >= 15 is 0 Å². The van der Waals surface area contributed by atoms with Gasteiger partial charge >= 0.3 is 0 Å². The minimum absolute atomic E-state index is 0.202. The Balaban J connectivity index is 2.18. The van der Waals surface area contributed by atoms with Crippen molar-refractivity contribution in [1.82, 2.24) is 9.97 Å². The van der Waals surface area contributed by atoms with Gasteiger partial charge in [-0.3, -0.25) is 0 Å². The average molecular weight is 230 g/mol. The van der Waals surface area contributed by atoms with Crippen LogP contribution >= 0.6 is 15.9 Å². The van der Waals surface area contributed by atoms with Gasteiger partial charge in [-0.2, -0.15) is 0 Å². The van der Waals surface area contributed by atoms with Crippen LogP contribution in [0.15, 0.2) is 17.0 Å². The Hall–Kier alpha value is -0.680. The fourth-order valence-electron chi connectivity index (χ4n) is 1.17. The molecule has 0 aliphatic carbocycles. The molecule has 1 N–H and O–H groups in total. The number of hydrogen-bond donors (Lipinski definition) is 1. The molecule has 1 aromatic rings. The predicted octanol–water partition coefficient (Wildman–Crippen LogP) is 0.420. The molecule has 0 saturated carbocycles. The van der Waals surface area contributed by atoms with Crippen LogP contribution in [-0.4, -0.2) is 34.3 Å². The maximum atomic E-state index is 9.07. The van der Waals surface area contributed by atoms with Gasteiger partial charge in [0.1, 0.15) is 12.1 Å². The van der Waals surface area contributed by atoms with Crippen molar-refractivity contribution in [3.63, 3.8) is 0 Å². The van der Waals surface area contributed by atoms with E-state index in [0.717, 1.165) is 10.3 Å². The van der Waals surface area contributed by atoms with Crippen LogP contribution in [0.4, 0.5) is 5.82 Å². The van der Waals surface area contributed by atoms with Gasteiger partial charge < -0.3 is 10.0 Å². The molecule has 0 spiro atoms. The number of hydrogen-bond acceptors (Lipinski definition) is 4. The van der Waals surface area contributed by atoms with Crippen LogP contribution in [0, 0.1) is 0 Å². The summed E-state index contributed by atoms with van der Waals surface area (Å²) in [6.07, 6.45) is 3.00. The third-order valence-corrected chi connectivity index (χ3v) is 2.37. The lowest BCUT2D eigenvalue weighted by molar-refractivity contribution is 0.141. The molecule has 2 rings (SSSR count). The zero-order valence-corrected chi connectivity index (χ0v) is 7.90. The van der Waals surface area contributed by atoms with E-state index in [-0.39, 0.29) is 6.10 Å². The topological polar surface area (TPSA) is 49.2 Å². The summed E-state index contributed by atoms with van der Waals surface area (Å²) in [5.41, 5.74) is 0. The fourth-order valence-corrected chi connectivity index (χ4v) is 1.64. The lowest BCUT2D eigenvalue weighted by Gasteiger charge is -2.37. The van der Waals surface area contributed by atoms with Crippen molar-refractivity contribution in [2.45, 2.75) is 6.10 Å². The van der Waals surface area contributed by atoms with Crippen molar-refractivity contribution < 1.29 is 5.11 Å². The molecule has 0 aromatic carbocycles. The van der Waals surface area contributed by atoms with Gasteiger partial charge in [-0.15, -0.1) is 0 Å². The first-order chi connectivity index (χ1) is 5.77. The van der Waals surface area contributed by atoms with E-state index in [1.165, 1.54) is 6.33 Å². The smallest absolute Gasteiger partial charge is 0.146 e. The van der Waals surface area contributed by atoms with Gasteiger partial charge in [0.05, 0.1) is 10.6 Å². The third kappa shape index (κ3) is 1.30. The van der Waals surface area contributed by atoms with Crippen molar-refractivity contribution in [3.05, 3.63) is 17.0 Å². The van der Waals surface area contributed by atoms with E-state index in [1.54, 1.807) is 6.20 Å². The van der Waals surface area contributed by atoms with Crippen LogP contribution in [0.25, 0.3) is 0 Å². The Labute approximate surface area is 78.4 Å². The largest absolute Gasteiger partial charge is 0.389 e. The van der Waals surface area contributed by atoms with Crippen molar-refractivity contribution >= 4 is 21.7 Å². The fraction of sp³-hybridized carbons (Fsp3) is 0.429. The second-order valence-corrected chi connectivity index (χ2v) is 3.61. The molecule has 4 nitrogen and oxygen atoms in total. The minimum atomic E-state index is -0.202. The Morgan fingerprint density at radius 1 is 1.58 bits per heavy atom. The summed E-state index contributed by atoms with van der Waals surface area (Å²) in [6, 6.07) is 0. The van der Waals surface area contributed by atoms with E-state index in [1.807, 2.05) is 4.90 Å². The molecule has 2 heterocycles. The molecule has 0 unspecified atom stereocenters. The van der Waals surface area contributed by atoms with Crippen LogP contribution in [0.3, 0.4) is 0 Å². The number of rotatable bonds is 1. The van der Waals surface area contributed by atoms with Gasteiger partial charge in [0.2, 0.25) is 0 Å². The summed E-state index contributed by atoms with van der Waals surface area (Å²) >= 11 is 3.34. The number of nitrogens with zero attached hydrogens (tertiary/aromatic N) is 3. The lowest BCUT2D eigenvalue weighted by Crippen LogP contribution is -2.51. The minimum Gasteiger partial charge on any atom is -0.389 e. The van der Waals surface area contributed by atoms with Crippen LogP contribution in [0.2, 0.25) is 0 Å². The molecular weight excluding hydrogens is 222 g/mol. The Bertz CT molecular complexity index is 288. The summed E-state index contributed by atoms with van der Waals surface area (Å²) in [5, 5.41) is 9.07. The molecule has 12 heavy (non-hydrogen) atoms. The molecule has 1 aromatic heterocycles. The first kappa shape index (κ1) is 7.94. The zero-order chi connectivity index (χ0) is 8.55. The van der Waals surface area contributed by atoms with Gasteiger partial charge in [0.25, 0.3) is 0 Å². The number of β-amino-alcohol motifs (C(OH)–C–C–N with tert-alkyl or cyclic N) is 1. The Morgan fingerprint density at radius 2 is 2.33 bits per heavy atom. The first-order valence-electron chi connectivity index (χ1n) is 3.66.